The van der Waals surface area contributed by atoms with Crippen molar-refractivity contribution in [1.29, 1.82) is 0 Å². The molecule has 0 aliphatic heterocycles. The minimum Gasteiger partial charge on any atom is -0.479 e. The zero-order valence-corrected chi connectivity index (χ0v) is 10.8. The third-order valence-corrected chi connectivity index (χ3v) is 2.66. The zero-order chi connectivity index (χ0) is 15.5. The average Bonchev–Trinajstić information content (AvgIpc) is 2.38. The lowest BCUT2D eigenvalue weighted by molar-refractivity contribution is -0.385. The van der Waals surface area contributed by atoms with E-state index < -0.39 is 40.6 Å². The summed E-state index contributed by atoms with van der Waals surface area (Å²) in [5.41, 5.74) is -1.20. The van der Waals surface area contributed by atoms with Crippen molar-refractivity contribution in [2.24, 2.45) is 0 Å². The summed E-state index contributed by atoms with van der Waals surface area (Å²) >= 11 is 0. The highest BCUT2D eigenvalue weighted by Gasteiger charge is 2.35. The number of nitrogens with zero attached hydrogens (tertiary/aromatic N) is 1. The number of nitro benzene ring substituents is 1. The molecule has 0 amide bonds. The summed E-state index contributed by atoms with van der Waals surface area (Å²) in [7, 11) is 0. The van der Waals surface area contributed by atoms with Crippen molar-refractivity contribution in [2.75, 3.05) is 0 Å². The first-order valence-corrected chi connectivity index (χ1v) is 5.75. The third-order valence-electron chi connectivity index (χ3n) is 2.66. The minimum atomic E-state index is -3.35. The van der Waals surface area contributed by atoms with Crippen LogP contribution in [0.4, 0.5) is 14.5 Å². The highest BCUT2D eigenvalue weighted by atomic mass is 19.3. The molecular weight excluding hydrogens is 276 g/mol. The third kappa shape index (κ3) is 3.40. The fraction of sp³-hybridized carbons (Fsp3) is 0.417. The van der Waals surface area contributed by atoms with Crippen molar-refractivity contribution in [3.05, 3.63) is 33.9 Å². The number of benzene rings is 1. The average molecular weight is 289 g/mol. The van der Waals surface area contributed by atoms with Gasteiger partial charge < -0.3 is 9.84 Å². The second kappa shape index (κ2) is 5.81. The van der Waals surface area contributed by atoms with Crippen molar-refractivity contribution in [2.45, 2.75) is 32.3 Å². The van der Waals surface area contributed by atoms with Crippen LogP contribution in [0.15, 0.2) is 18.2 Å². The number of nitro groups is 1. The number of aliphatic carboxylic acids is 1. The Labute approximate surface area is 113 Å². The summed E-state index contributed by atoms with van der Waals surface area (Å²) in [4.78, 5) is 20.5. The van der Waals surface area contributed by atoms with E-state index in [2.05, 4.69) is 0 Å². The van der Waals surface area contributed by atoms with Gasteiger partial charge in [0.1, 0.15) is 5.75 Å². The van der Waals surface area contributed by atoms with Crippen LogP contribution < -0.4 is 4.74 Å². The Hall–Kier alpha value is -2.25. The highest BCUT2D eigenvalue weighted by molar-refractivity contribution is 5.72. The molecule has 0 bridgehead atoms. The van der Waals surface area contributed by atoms with E-state index in [9.17, 15) is 23.7 Å². The van der Waals surface area contributed by atoms with E-state index >= 15 is 0 Å². The molecule has 8 heteroatoms. The van der Waals surface area contributed by atoms with Gasteiger partial charge in [0.15, 0.2) is 6.10 Å². The van der Waals surface area contributed by atoms with Gasteiger partial charge in [0.25, 0.3) is 11.6 Å². The molecule has 0 saturated carbocycles. The Bertz CT molecular complexity index is 533. The van der Waals surface area contributed by atoms with Gasteiger partial charge in [-0.05, 0) is 13.0 Å². The van der Waals surface area contributed by atoms with Gasteiger partial charge in [0.05, 0.1) is 10.5 Å². The molecule has 20 heavy (non-hydrogen) atoms. The fourth-order valence-electron chi connectivity index (χ4n) is 1.45. The Morgan fingerprint density at radius 1 is 1.55 bits per heavy atom. The number of halogens is 2. The van der Waals surface area contributed by atoms with Gasteiger partial charge in [-0.2, -0.15) is 0 Å². The molecule has 0 radical (unpaired) electrons. The molecule has 0 aliphatic carbocycles. The van der Waals surface area contributed by atoms with E-state index in [1.807, 2.05) is 0 Å². The molecule has 1 aromatic carbocycles. The molecule has 0 unspecified atom stereocenters. The van der Waals surface area contributed by atoms with Crippen LogP contribution in [0, 0.1) is 10.1 Å². The topological polar surface area (TPSA) is 89.7 Å². The Kier molecular flexibility index (Phi) is 4.59. The van der Waals surface area contributed by atoms with E-state index in [0.717, 1.165) is 12.1 Å². The van der Waals surface area contributed by atoms with Gasteiger partial charge in [-0.1, -0.05) is 6.92 Å². The maximum absolute atomic E-state index is 13.8. The van der Waals surface area contributed by atoms with Gasteiger partial charge in [-0.25, -0.2) is 13.6 Å². The van der Waals surface area contributed by atoms with Crippen LogP contribution in [0.25, 0.3) is 0 Å². The lowest BCUT2D eigenvalue weighted by Gasteiger charge is -2.20. The lowest BCUT2D eigenvalue weighted by Crippen LogP contribution is -2.25. The maximum atomic E-state index is 13.8. The molecule has 0 fully saturated rings. The highest BCUT2D eigenvalue weighted by Crippen LogP contribution is 2.39. The second-order valence-corrected chi connectivity index (χ2v) is 4.09. The first-order valence-electron chi connectivity index (χ1n) is 5.75. The molecular formula is C12H13F2NO5. The molecule has 0 heterocycles. The number of rotatable bonds is 6. The number of alkyl halides is 2. The quantitative estimate of drug-likeness (QED) is 0.642. The van der Waals surface area contributed by atoms with E-state index in [-0.39, 0.29) is 5.75 Å². The molecule has 0 saturated heterocycles. The van der Waals surface area contributed by atoms with Crippen LogP contribution >= 0.6 is 0 Å². The second-order valence-electron chi connectivity index (χ2n) is 4.09. The van der Waals surface area contributed by atoms with Crippen LogP contribution in [0.3, 0.4) is 0 Å². The summed E-state index contributed by atoms with van der Waals surface area (Å²) in [5, 5.41) is 19.4. The van der Waals surface area contributed by atoms with Gasteiger partial charge in [0.2, 0.25) is 0 Å². The summed E-state index contributed by atoms with van der Waals surface area (Å²) < 4.78 is 32.5. The van der Waals surface area contributed by atoms with Crippen LogP contribution in [0.2, 0.25) is 0 Å². The van der Waals surface area contributed by atoms with Gasteiger partial charge in [-0.3, -0.25) is 10.1 Å². The molecule has 1 rings (SSSR count). The normalized spacial score (nSPS) is 12.8. The molecule has 0 spiro atoms. The number of carbonyl (C=O) groups is 1. The predicted molar refractivity (Wildman–Crippen MR) is 65.0 cm³/mol. The van der Waals surface area contributed by atoms with Crippen LogP contribution in [0.1, 0.15) is 25.8 Å². The SMILES string of the molecule is CCC(F)(F)c1cc([N+](=O)[O-])ccc1O[C@@H](C)C(=O)O. The minimum absolute atomic E-state index is 0.377. The van der Waals surface area contributed by atoms with Gasteiger partial charge in [0, 0.05) is 18.6 Å². The monoisotopic (exact) mass is 289 g/mol. The number of hydrogen-bond acceptors (Lipinski definition) is 4. The smallest absolute Gasteiger partial charge is 0.344 e. The van der Waals surface area contributed by atoms with Crippen molar-refractivity contribution in [3.63, 3.8) is 0 Å². The van der Waals surface area contributed by atoms with Crippen molar-refractivity contribution in [3.8, 4) is 5.75 Å². The molecule has 1 atom stereocenters. The van der Waals surface area contributed by atoms with Crippen LogP contribution in [0.5, 0.6) is 5.75 Å². The fourth-order valence-corrected chi connectivity index (χ4v) is 1.45. The number of hydrogen-bond donors (Lipinski definition) is 1. The lowest BCUT2D eigenvalue weighted by atomic mass is 10.0. The molecule has 110 valence electrons. The van der Waals surface area contributed by atoms with E-state index in [1.54, 1.807) is 0 Å². The van der Waals surface area contributed by atoms with Gasteiger partial charge in [-0.15, -0.1) is 0 Å². The Morgan fingerprint density at radius 3 is 2.60 bits per heavy atom. The predicted octanol–water partition coefficient (Wildman–Crippen LogP) is 2.95. The van der Waals surface area contributed by atoms with Crippen molar-refractivity contribution < 1.29 is 28.3 Å². The van der Waals surface area contributed by atoms with E-state index in [4.69, 9.17) is 9.84 Å². The Balaban J connectivity index is 3.29. The molecule has 6 nitrogen and oxygen atoms in total. The van der Waals surface area contributed by atoms with Crippen molar-refractivity contribution in [1.82, 2.24) is 0 Å². The van der Waals surface area contributed by atoms with Crippen molar-refractivity contribution >= 4 is 11.7 Å². The number of carboxylic acids is 1. The summed E-state index contributed by atoms with van der Waals surface area (Å²) in [6, 6.07) is 2.67. The first kappa shape index (κ1) is 15.8. The van der Waals surface area contributed by atoms with Crippen LogP contribution in [-0.2, 0) is 10.7 Å². The molecule has 0 aliphatic rings. The summed E-state index contributed by atoms with van der Waals surface area (Å²) in [6.45, 7) is 2.39. The number of non-ortho nitro benzene ring substituents is 1. The molecule has 1 aromatic rings. The van der Waals surface area contributed by atoms with Gasteiger partial charge >= 0.3 is 5.97 Å². The number of ether oxygens (including phenoxy) is 1. The Morgan fingerprint density at radius 2 is 2.15 bits per heavy atom. The molecule has 1 N–H and O–H groups in total. The zero-order valence-electron chi connectivity index (χ0n) is 10.8. The molecule has 0 aromatic heterocycles. The largest absolute Gasteiger partial charge is 0.479 e. The summed E-state index contributed by atoms with van der Waals surface area (Å²) in [5.74, 6) is -5.05. The first-order chi connectivity index (χ1) is 9.19. The van der Waals surface area contributed by atoms with Crippen LogP contribution in [-0.4, -0.2) is 22.1 Å². The van der Waals surface area contributed by atoms with E-state index in [0.29, 0.717) is 6.07 Å². The standard InChI is InChI=1S/C12H13F2NO5/c1-3-12(13,14)9-6-8(15(18)19)4-5-10(9)20-7(2)11(16)17/h4-7H,3H2,1-2H3,(H,16,17)/t7-/m0/s1. The number of carboxylic acid groups (broad SMARTS) is 1. The summed E-state index contributed by atoms with van der Waals surface area (Å²) in [6.07, 6.45) is -1.94. The maximum Gasteiger partial charge on any atom is 0.344 e. The van der Waals surface area contributed by atoms with E-state index in [1.165, 1.54) is 13.8 Å².